The van der Waals surface area contributed by atoms with Crippen molar-refractivity contribution in [2.24, 2.45) is 0 Å². The molecule has 0 spiro atoms. The Kier molecular flexibility index (Phi) is 5.96. The lowest BCUT2D eigenvalue weighted by Crippen LogP contribution is -2.49. The van der Waals surface area contributed by atoms with E-state index in [2.05, 4.69) is 5.32 Å². The molecule has 1 amide bonds. The van der Waals surface area contributed by atoms with Gasteiger partial charge in [-0.25, -0.2) is 8.42 Å². The molecular formula is C21H24N2O4S. The van der Waals surface area contributed by atoms with Crippen molar-refractivity contribution in [1.29, 1.82) is 0 Å². The third-order valence-corrected chi connectivity index (χ3v) is 6.87. The molecule has 7 heteroatoms. The number of ketones is 1. The average molecular weight is 400 g/mol. The average Bonchev–Trinajstić information content (AvgIpc) is 2.69. The Hall–Kier alpha value is -2.51. The van der Waals surface area contributed by atoms with Crippen LogP contribution in [0.5, 0.6) is 0 Å². The van der Waals surface area contributed by atoms with Crippen LogP contribution in [0.1, 0.15) is 42.1 Å². The molecule has 1 atom stereocenters. The van der Waals surface area contributed by atoms with Crippen molar-refractivity contribution in [3.05, 3.63) is 59.7 Å². The van der Waals surface area contributed by atoms with Crippen LogP contribution >= 0.6 is 0 Å². The number of hydrogen-bond acceptors (Lipinski definition) is 4. The van der Waals surface area contributed by atoms with Gasteiger partial charge in [0, 0.05) is 17.8 Å². The topological polar surface area (TPSA) is 83.6 Å². The fraction of sp³-hybridized carbons (Fsp3) is 0.333. The summed E-state index contributed by atoms with van der Waals surface area (Å²) in [5, 5.41) is 2.83. The highest BCUT2D eigenvalue weighted by Crippen LogP contribution is 2.26. The molecule has 1 fully saturated rings. The summed E-state index contributed by atoms with van der Waals surface area (Å²) in [7, 11) is -3.84. The molecule has 0 bridgehead atoms. The van der Waals surface area contributed by atoms with Gasteiger partial charge in [0.15, 0.2) is 5.78 Å². The fourth-order valence-corrected chi connectivity index (χ4v) is 4.97. The molecule has 28 heavy (non-hydrogen) atoms. The minimum Gasteiger partial charge on any atom is -0.325 e. The zero-order valence-electron chi connectivity index (χ0n) is 16.0. The Morgan fingerprint density at radius 1 is 1.00 bits per heavy atom. The van der Waals surface area contributed by atoms with Gasteiger partial charge in [-0.05, 0) is 51.0 Å². The fourth-order valence-electron chi connectivity index (χ4n) is 3.31. The summed E-state index contributed by atoms with van der Waals surface area (Å²) in [5.74, 6) is -0.454. The van der Waals surface area contributed by atoms with Crippen LogP contribution < -0.4 is 5.32 Å². The maximum atomic E-state index is 13.1. The summed E-state index contributed by atoms with van der Waals surface area (Å²) in [6.07, 6.45) is 1.98. The number of sulfonamides is 1. The van der Waals surface area contributed by atoms with E-state index in [0.717, 1.165) is 12.0 Å². The van der Waals surface area contributed by atoms with Crippen molar-refractivity contribution in [2.45, 2.75) is 44.0 Å². The van der Waals surface area contributed by atoms with E-state index in [1.165, 1.54) is 35.5 Å². The smallest absolute Gasteiger partial charge is 0.243 e. The van der Waals surface area contributed by atoms with Crippen LogP contribution in [0.15, 0.2) is 53.4 Å². The largest absolute Gasteiger partial charge is 0.325 e. The van der Waals surface area contributed by atoms with Gasteiger partial charge in [0.05, 0.1) is 4.90 Å². The van der Waals surface area contributed by atoms with Crippen LogP contribution in [0.2, 0.25) is 0 Å². The molecule has 3 rings (SSSR count). The minimum atomic E-state index is -3.84. The summed E-state index contributed by atoms with van der Waals surface area (Å²) in [6, 6.07) is 12.5. The highest BCUT2D eigenvalue weighted by atomic mass is 32.2. The molecule has 0 aliphatic carbocycles. The molecule has 1 heterocycles. The number of nitrogens with one attached hydrogen (secondary N) is 1. The molecule has 1 unspecified atom stereocenters. The quantitative estimate of drug-likeness (QED) is 0.780. The zero-order valence-corrected chi connectivity index (χ0v) is 16.8. The van der Waals surface area contributed by atoms with E-state index in [1.807, 2.05) is 19.1 Å². The highest BCUT2D eigenvalue weighted by Gasteiger charge is 2.37. The Morgan fingerprint density at radius 2 is 1.64 bits per heavy atom. The van der Waals surface area contributed by atoms with Crippen LogP contribution in [-0.4, -0.2) is 37.0 Å². The molecule has 0 aromatic heterocycles. The molecule has 1 saturated heterocycles. The normalized spacial score (nSPS) is 17.9. The van der Waals surface area contributed by atoms with E-state index < -0.39 is 16.1 Å². The summed E-state index contributed by atoms with van der Waals surface area (Å²) < 4.78 is 27.6. The van der Waals surface area contributed by atoms with Gasteiger partial charge in [-0.2, -0.15) is 4.31 Å². The summed E-state index contributed by atoms with van der Waals surface area (Å²) in [4.78, 5) is 24.3. The van der Waals surface area contributed by atoms with Crippen molar-refractivity contribution in [3.63, 3.8) is 0 Å². The number of Topliss-reactive ketones (excluding diaryl/α,β-unsaturated/α-hetero) is 1. The molecule has 1 aliphatic heterocycles. The number of aryl methyl sites for hydroxylation is 1. The number of piperidine rings is 1. The van der Waals surface area contributed by atoms with Gasteiger partial charge in [0.1, 0.15) is 6.04 Å². The standard InChI is InChI=1S/C21H24N2O4S/c1-15-6-10-18(11-7-15)22-21(25)20-5-3-4-14-23(20)28(26,27)19-12-8-17(9-13-19)16(2)24/h6-13,20H,3-5,14H2,1-2H3,(H,22,25). The summed E-state index contributed by atoms with van der Waals surface area (Å²) in [5.41, 5.74) is 2.17. The molecule has 2 aromatic carbocycles. The van der Waals surface area contributed by atoms with Crippen molar-refractivity contribution in [1.82, 2.24) is 4.31 Å². The van der Waals surface area contributed by atoms with E-state index >= 15 is 0 Å². The van der Waals surface area contributed by atoms with Gasteiger partial charge in [-0.1, -0.05) is 36.2 Å². The molecule has 1 N–H and O–H groups in total. The number of nitrogens with zero attached hydrogens (tertiary/aromatic N) is 1. The maximum Gasteiger partial charge on any atom is 0.243 e. The second-order valence-corrected chi connectivity index (χ2v) is 8.95. The highest BCUT2D eigenvalue weighted by molar-refractivity contribution is 7.89. The summed E-state index contributed by atoms with van der Waals surface area (Å²) >= 11 is 0. The predicted molar refractivity (Wildman–Crippen MR) is 108 cm³/mol. The van der Waals surface area contributed by atoms with E-state index in [1.54, 1.807) is 12.1 Å². The van der Waals surface area contributed by atoms with Gasteiger partial charge in [-0.3, -0.25) is 9.59 Å². The predicted octanol–water partition coefficient (Wildman–Crippen LogP) is 3.38. The van der Waals surface area contributed by atoms with Crippen LogP contribution in [0.3, 0.4) is 0 Å². The number of anilines is 1. The van der Waals surface area contributed by atoms with E-state index in [9.17, 15) is 18.0 Å². The number of carbonyl (C=O) groups is 2. The molecule has 0 radical (unpaired) electrons. The van der Waals surface area contributed by atoms with Crippen molar-refractivity contribution in [2.75, 3.05) is 11.9 Å². The SMILES string of the molecule is CC(=O)c1ccc(S(=O)(=O)N2CCCCC2C(=O)Nc2ccc(C)cc2)cc1. The van der Waals surface area contributed by atoms with Crippen LogP contribution in [0.25, 0.3) is 0 Å². The van der Waals surface area contributed by atoms with Gasteiger partial charge in [0.2, 0.25) is 15.9 Å². The zero-order chi connectivity index (χ0) is 20.3. The Balaban J connectivity index is 1.84. The molecule has 0 saturated carbocycles. The Bertz CT molecular complexity index is 966. The Morgan fingerprint density at radius 3 is 2.25 bits per heavy atom. The maximum absolute atomic E-state index is 13.1. The lowest BCUT2D eigenvalue weighted by Gasteiger charge is -2.33. The van der Waals surface area contributed by atoms with Crippen molar-refractivity contribution >= 4 is 27.4 Å². The molecule has 1 aliphatic rings. The van der Waals surface area contributed by atoms with Gasteiger partial charge < -0.3 is 5.32 Å². The second kappa shape index (κ2) is 8.24. The van der Waals surface area contributed by atoms with E-state index in [4.69, 9.17) is 0 Å². The number of amides is 1. The van der Waals surface area contributed by atoms with E-state index in [0.29, 0.717) is 30.6 Å². The number of hydrogen-bond donors (Lipinski definition) is 1. The molecular weight excluding hydrogens is 376 g/mol. The van der Waals surface area contributed by atoms with Gasteiger partial charge in [0.25, 0.3) is 0 Å². The Labute approximate surface area is 165 Å². The number of carbonyl (C=O) groups excluding carboxylic acids is 2. The molecule has 2 aromatic rings. The first kappa shape index (κ1) is 20.2. The second-order valence-electron chi connectivity index (χ2n) is 7.06. The first-order valence-electron chi connectivity index (χ1n) is 9.29. The first-order valence-corrected chi connectivity index (χ1v) is 10.7. The van der Waals surface area contributed by atoms with Crippen LogP contribution in [-0.2, 0) is 14.8 Å². The molecule has 6 nitrogen and oxygen atoms in total. The lowest BCUT2D eigenvalue weighted by atomic mass is 10.0. The van der Waals surface area contributed by atoms with Crippen molar-refractivity contribution < 1.29 is 18.0 Å². The third kappa shape index (κ3) is 4.31. The minimum absolute atomic E-state index is 0.0903. The number of benzene rings is 2. The van der Waals surface area contributed by atoms with Crippen molar-refractivity contribution in [3.8, 4) is 0 Å². The lowest BCUT2D eigenvalue weighted by molar-refractivity contribution is -0.120. The van der Waals surface area contributed by atoms with Crippen LogP contribution in [0, 0.1) is 6.92 Å². The number of rotatable bonds is 5. The monoisotopic (exact) mass is 400 g/mol. The summed E-state index contributed by atoms with van der Waals surface area (Å²) in [6.45, 7) is 3.68. The first-order chi connectivity index (χ1) is 13.3. The van der Waals surface area contributed by atoms with Crippen LogP contribution in [0.4, 0.5) is 5.69 Å². The molecule has 148 valence electrons. The third-order valence-electron chi connectivity index (χ3n) is 4.94. The van der Waals surface area contributed by atoms with E-state index in [-0.39, 0.29) is 16.6 Å². The van der Waals surface area contributed by atoms with Gasteiger partial charge >= 0.3 is 0 Å². The van der Waals surface area contributed by atoms with Gasteiger partial charge in [-0.15, -0.1) is 0 Å².